The predicted octanol–water partition coefficient (Wildman–Crippen LogP) is 4.37. The van der Waals surface area contributed by atoms with Gasteiger partial charge in [0.1, 0.15) is 22.8 Å². The van der Waals surface area contributed by atoms with Crippen molar-refractivity contribution in [3.05, 3.63) is 47.5 Å². The highest BCUT2D eigenvalue weighted by molar-refractivity contribution is 5.96. The normalized spacial score (nSPS) is 15.8. The number of esters is 1. The summed E-state index contributed by atoms with van der Waals surface area (Å²) in [7, 11) is 0. The third-order valence-corrected chi connectivity index (χ3v) is 3.44. The summed E-state index contributed by atoms with van der Waals surface area (Å²) in [6.07, 6.45) is -4.51. The lowest BCUT2D eigenvalue weighted by atomic mass is 10.1. The van der Waals surface area contributed by atoms with Crippen LogP contribution in [0.2, 0.25) is 0 Å². The second-order valence-corrected chi connectivity index (χ2v) is 5.87. The second kappa shape index (κ2) is 5.58. The van der Waals surface area contributed by atoms with E-state index in [1.54, 1.807) is 26.0 Å². The summed E-state index contributed by atoms with van der Waals surface area (Å²) in [5.74, 6) is -1.48. The zero-order valence-electron chi connectivity index (χ0n) is 13.3. The van der Waals surface area contributed by atoms with Gasteiger partial charge in [-0.1, -0.05) is 6.07 Å². The largest absolute Gasteiger partial charge is 0.454 e. The van der Waals surface area contributed by atoms with Gasteiger partial charge in [0.2, 0.25) is 5.79 Å². The van der Waals surface area contributed by atoms with Crippen LogP contribution in [0.5, 0.6) is 17.2 Å². The summed E-state index contributed by atoms with van der Waals surface area (Å²) in [6.45, 7) is 3.16. The van der Waals surface area contributed by atoms with Crippen molar-refractivity contribution in [3.8, 4) is 17.2 Å². The minimum Gasteiger partial charge on any atom is -0.454 e. The summed E-state index contributed by atoms with van der Waals surface area (Å²) in [4.78, 5) is 12.2. The first-order valence-corrected chi connectivity index (χ1v) is 7.27. The minimum atomic E-state index is -4.51. The lowest BCUT2D eigenvalue weighted by Crippen LogP contribution is -2.38. The van der Waals surface area contributed by atoms with Gasteiger partial charge in [-0.2, -0.15) is 13.2 Å². The van der Waals surface area contributed by atoms with E-state index < -0.39 is 23.5 Å². The Kier molecular flexibility index (Phi) is 3.78. The number of nitrogens with two attached hydrogens (primary N) is 1. The molecule has 8 heteroatoms. The molecular weight excluding hydrogens is 339 g/mol. The van der Waals surface area contributed by atoms with Crippen LogP contribution in [0.3, 0.4) is 0 Å². The number of halogens is 3. The Balaban J connectivity index is 1.97. The number of cyclic esters (lactones) is 1. The van der Waals surface area contributed by atoms with Gasteiger partial charge in [-0.15, -0.1) is 0 Å². The van der Waals surface area contributed by atoms with Crippen molar-refractivity contribution in [1.29, 1.82) is 0 Å². The van der Waals surface area contributed by atoms with Crippen LogP contribution in [0.15, 0.2) is 36.4 Å². The molecule has 0 saturated heterocycles. The predicted molar refractivity (Wildman–Crippen MR) is 82.5 cm³/mol. The highest BCUT2D eigenvalue weighted by Crippen LogP contribution is 2.40. The summed E-state index contributed by atoms with van der Waals surface area (Å²) in [5.41, 5.74) is 4.59. The number of hydrogen-bond donors (Lipinski definition) is 1. The van der Waals surface area contributed by atoms with Gasteiger partial charge in [0.05, 0.1) is 11.3 Å². The molecule has 1 heterocycles. The van der Waals surface area contributed by atoms with Gasteiger partial charge >= 0.3 is 12.1 Å². The minimum absolute atomic E-state index is 0.0148. The number of carbonyl (C=O) groups excluding carboxylic acids is 1. The Bertz CT molecular complexity index is 846. The van der Waals surface area contributed by atoms with Gasteiger partial charge in [0.15, 0.2) is 0 Å². The van der Waals surface area contributed by atoms with E-state index in [0.717, 1.165) is 18.2 Å². The summed E-state index contributed by atoms with van der Waals surface area (Å²) < 4.78 is 54.4. The van der Waals surface area contributed by atoms with Crippen LogP contribution in [-0.2, 0) is 10.9 Å². The number of hydrogen-bond acceptors (Lipinski definition) is 5. The number of anilines is 1. The molecule has 2 aromatic rings. The fraction of sp³-hybridized carbons (Fsp3) is 0.235. The first-order valence-electron chi connectivity index (χ1n) is 7.27. The number of rotatable bonds is 2. The van der Waals surface area contributed by atoms with Gasteiger partial charge in [-0.05, 0) is 30.3 Å². The van der Waals surface area contributed by atoms with Crippen molar-refractivity contribution in [2.75, 3.05) is 5.73 Å². The number of carbonyl (C=O) groups is 1. The van der Waals surface area contributed by atoms with Gasteiger partial charge in [-0.3, -0.25) is 0 Å². The second-order valence-electron chi connectivity index (χ2n) is 5.87. The van der Waals surface area contributed by atoms with Gasteiger partial charge in [0, 0.05) is 13.8 Å². The molecule has 0 saturated carbocycles. The summed E-state index contributed by atoms with van der Waals surface area (Å²) in [5, 5.41) is 0. The molecule has 1 aliphatic heterocycles. The van der Waals surface area contributed by atoms with Crippen molar-refractivity contribution in [3.63, 3.8) is 0 Å². The molecule has 2 N–H and O–H groups in total. The average molecular weight is 353 g/mol. The van der Waals surface area contributed by atoms with E-state index in [4.69, 9.17) is 19.9 Å². The van der Waals surface area contributed by atoms with Crippen molar-refractivity contribution >= 4 is 11.7 Å². The molecule has 0 fully saturated rings. The summed E-state index contributed by atoms with van der Waals surface area (Å²) in [6, 6.07) is 7.33. The van der Waals surface area contributed by atoms with E-state index in [1.807, 2.05) is 0 Å². The maximum atomic E-state index is 12.7. The van der Waals surface area contributed by atoms with Crippen LogP contribution in [0, 0.1) is 0 Å². The van der Waals surface area contributed by atoms with Gasteiger partial charge in [-0.25, -0.2) is 4.79 Å². The van der Waals surface area contributed by atoms with E-state index in [0.29, 0.717) is 0 Å². The first kappa shape index (κ1) is 16.9. The Morgan fingerprint density at radius 3 is 2.44 bits per heavy atom. The maximum Gasteiger partial charge on any atom is 0.416 e. The van der Waals surface area contributed by atoms with Crippen LogP contribution in [0.1, 0.15) is 29.8 Å². The van der Waals surface area contributed by atoms with Crippen LogP contribution >= 0.6 is 0 Å². The zero-order valence-corrected chi connectivity index (χ0v) is 13.3. The average Bonchev–Trinajstić information content (AvgIpc) is 2.46. The van der Waals surface area contributed by atoms with E-state index >= 15 is 0 Å². The molecule has 0 aromatic heterocycles. The van der Waals surface area contributed by atoms with Crippen molar-refractivity contribution in [1.82, 2.24) is 0 Å². The maximum absolute atomic E-state index is 12.7. The highest BCUT2D eigenvalue weighted by Gasteiger charge is 2.36. The molecule has 0 radical (unpaired) electrons. The molecule has 0 unspecified atom stereocenters. The molecule has 1 aliphatic rings. The van der Waals surface area contributed by atoms with E-state index in [-0.39, 0.29) is 28.5 Å². The third kappa shape index (κ3) is 3.33. The molecule has 25 heavy (non-hydrogen) atoms. The smallest absolute Gasteiger partial charge is 0.416 e. The Morgan fingerprint density at radius 2 is 1.80 bits per heavy atom. The van der Waals surface area contributed by atoms with Crippen molar-refractivity contribution < 1.29 is 32.2 Å². The lowest BCUT2D eigenvalue weighted by molar-refractivity contribution is -0.137. The van der Waals surface area contributed by atoms with Crippen LogP contribution < -0.4 is 15.2 Å². The van der Waals surface area contributed by atoms with Crippen LogP contribution in [-0.4, -0.2) is 11.8 Å². The molecule has 0 amide bonds. The fourth-order valence-electron chi connectivity index (χ4n) is 2.38. The standard InChI is InChI=1S/C17H14F3NO4/c1-16(2)24-13-5-3-4-12(14(13)15(22)25-16)23-11-7-6-9(8-10(11)21)17(18,19)20/h3-8H,21H2,1-2H3. The molecule has 3 rings (SSSR count). The number of fused-ring (bicyclic) bond motifs is 1. The third-order valence-electron chi connectivity index (χ3n) is 3.44. The molecule has 0 spiro atoms. The van der Waals surface area contributed by atoms with Crippen molar-refractivity contribution in [2.24, 2.45) is 0 Å². The number of nitrogen functional groups attached to an aromatic ring is 1. The number of benzene rings is 2. The van der Waals surface area contributed by atoms with E-state index in [9.17, 15) is 18.0 Å². The molecule has 132 valence electrons. The van der Waals surface area contributed by atoms with Crippen molar-refractivity contribution in [2.45, 2.75) is 25.8 Å². The SMILES string of the molecule is CC1(C)OC(=O)c2c(Oc3ccc(C(F)(F)F)cc3N)cccc2O1. The quantitative estimate of drug-likeness (QED) is 0.641. The van der Waals surface area contributed by atoms with Gasteiger partial charge < -0.3 is 19.9 Å². The Hall–Kier alpha value is -2.90. The number of alkyl halides is 3. The Labute approximate surface area is 141 Å². The molecule has 2 aromatic carbocycles. The molecule has 0 aliphatic carbocycles. The van der Waals surface area contributed by atoms with E-state index in [2.05, 4.69) is 0 Å². The molecule has 0 atom stereocenters. The topological polar surface area (TPSA) is 70.8 Å². The van der Waals surface area contributed by atoms with Gasteiger partial charge in [0.25, 0.3) is 0 Å². The monoisotopic (exact) mass is 353 g/mol. The van der Waals surface area contributed by atoms with E-state index in [1.165, 1.54) is 6.07 Å². The zero-order chi connectivity index (χ0) is 18.4. The highest BCUT2D eigenvalue weighted by atomic mass is 19.4. The molecule has 0 bridgehead atoms. The molecule has 5 nitrogen and oxygen atoms in total. The number of ether oxygens (including phenoxy) is 3. The summed E-state index contributed by atoms with van der Waals surface area (Å²) >= 11 is 0. The lowest BCUT2D eigenvalue weighted by Gasteiger charge is -2.32. The Morgan fingerprint density at radius 1 is 1.08 bits per heavy atom. The first-order chi connectivity index (χ1) is 11.6. The fourth-order valence-corrected chi connectivity index (χ4v) is 2.38. The van der Waals surface area contributed by atoms with Crippen LogP contribution in [0.4, 0.5) is 18.9 Å². The molecular formula is C17H14F3NO4. The van der Waals surface area contributed by atoms with Crippen LogP contribution in [0.25, 0.3) is 0 Å².